The highest BCUT2D eigenvalue weighted by Gasteiger charge is 2.23. The molecular weight excluding hydrogens is 208 g/mol. The molecule has 0 radical (unpaired) electrons. The first-order chi connectivity index (χ1) is 7.40. The van der Waals surface area contributed by atoms with Crippen molar-refractivity contribution >= 4 is 16.7 Å². The normalized spacial score (nSPS) is 26.5. The summed E-state index contributed by atoms with van der Waals surface area (Å²) in [5.41, 5.74) is 5.79. The smallest absolute Gasteiger partial charge is 0.202 e. The van der Waals surface area contributed by atoms with Gasteiger partial charge in [0.1, 0.15) is 6.33 Å². The molecule has 1 fully saturated rings. The summed E-state index contributed by atoms with van der Waals surface area (Å²) < 4.78 is 3.97. The van der Waals surface area contributed by atoms with Crippen molar-refractivity contribution in [2.24, 2.45) is 17.6 Å². The molecule has 1 aromatic heterocycles. The number of aromatic nitrogens is 2. The van der Waals surface area contributed by atoms with E-state index in [1.54, 1.807) is 6.33 Å². The largest absolute Gasteiger partial charge is 0.360 e. The molecule has 0 saturated heterocycles. The van der Waals surface area contributed by atoms with Crippen LogP contribution in [0.4, 0.5) is 5.13 Å². The van der Waals surface area contributed by atoms with Crippen LogP contribution in [-0.2, 0) is 0 Å². The molecule has 1 heterocycles. The van der Waals surface area contributed by atoms with Crippen molar-refractivity contribution < 1.29 is 0 Å². The van der Waals surface area contributed by atoms with E-state index in [1.165, 1.54) is 37.2 Å². The second-order valence-electron chi connectivity index (χ2n) is 4.17. The van der Waals surface area contributed by atoms with E-state index in [4.69, 9.17) is 5.73 Å². The molecule has 5 heteroatoms. The fourth-order valence-corrected chi connectivity index (χ4v) is 2.77. The van der Waals surface area contributed by atoms with E-state index < -0.39 is 0 Å². The molecule has 0 aliphatic heterocycles. The number of hydrogen-bond acceptors (Lipinski definition) is 5. The summed E-state index contributed by atoms with van der Waals surface area (Å²) in [6.07, 6.45) is 6.87. The van der Waals surface area contributed by atoms with Crippen molar-refractivity contribution in [3.8, 4) is 0 Å². The molecule has 2 unspecified atom stereocenters. The van der Waals surface area contributed by atoms with Gasteiger partial charge in [-0.25, -0.2) is 4.98 Å². The van der Waals surface area contributed by atoms with Gasteiger partial charge in [-0.05, 0) is 31.2 Å². The van der Waals surface area contributed by atoms with Crippen LogP contribution in [-0.4, -0.2) is 22.4 Å². The lowest BCUT2D eigenvalue weighted by Gasteiger charge is -2.30. The zero-order valence-corrected chi connectivity index (χ0v) is 9.67. The molecule has 84 valence electrons. The zero-order valence-electron chi connectivity index (χ0n) is 8.85. The Morgan fingerprint density at radius 1 is 1.40 bits per heavy atom. The van der Waals surface area contributed by atoms with Crippen LogP contribution >= 0.6 is 11.5 Å². The fraction of sp³-hybridized carbons (Fsp3) is 0.800. The van der Waals surface area contributed by atoms with E-state index in [9.17, 15) is 0 Å². The first-order valence-electron chi connectivity index (χ1n) is 5.60. The fourth-order valence-electron chi connectivity index (χ4n) is 2.33. The van der Waals surface area contributed by atoms with Gasteiger partial charge in [-0.1, -0.05) is 12.8 Å². The molecule has 1 aromatic rings. The third kappa shape index (κ3) is 2.89. The monoisotopic (exact) mass is 226 g/mol. The summed E-state index contributed by atoms with van der Waals surface area (Å²) in [6.45, 7) is 1.82. The molecule has 1 saturated carbocycles. The summed E-state index contributed by atoms with van der Waals surface area (Å²) in [6, 6.07) is 0. The average molecular weight is 226 g/mol. The number of nitrogens with one attached hydrogen (secondary N) is 1. The summed E-state index contributed by atoms with van der Waals surface area (Å²) in [5.74, 6) is 1.41. The van der Waals surface area contributed by atoms with Gasteiger partial charge in [0.15, 0.2) is 0 Å². The van der Waals surface area contributed by atoms with Crippen molar-refractivity contribution in [3.05, 3.63) is 6.33 Å². The van der Waals surface area contributed by atoms with Crippen LogP contribution in [0.2, 0.25) is 0 Å². The highest BCUT2D eigenvalue weighted by molar-refractivity contribution is 7.09. The quantitative estimate of drug-likeness (QED) is 0.820. The standard InChI is InChI=1S/C10H18N4S/c11-5-8-3-1-2-4-9(8)6-12-10-13-7-14-15-10/h7-9H,1-6,11H2,(H,12,13,14). The minimum atomic E-state index is 0.694. The third-order valence-corrected chi connectivity index (χ3v) is 3.87. The molecule has 1 aliphatic rings. The van der Waals surface area contributed by atoms with Gasteiger partial charge in [0, 0.05) is 18.1 Å². The number of rotatable bonds is 4. The Morgan fingerprint density at radius 3 is 2.87 bits per heavy atom. The van der Waals surface area contributed by atoms with Crippen LogP contribution in [0.1, 0.15) is 25.7 Å². The number of hydrogen-bond donors (Lipinski definition) is 2. The minimum absolute atomic E-state index is 0.694. The van der Waals surface area contributed by atoms with Crippen LogP contribution in [0.15, 0.2) is 6.33 Å². The van der Waals surface area contributed by atoms with E-state index in [0.717, 1.165) is 18.2 Å². The van der Waals surface area contributed by atoms with Gasteiger partial charge in [0.25, 0.3) is 0 Å². The molecule has 2 atom stereocenters. The van der Waals surface area contributed by atoms with Gasteiger partial charge in [0.2, 0.25) is 5.13 Å². The number of anilines is 1. The molecule has 1 aliphatic carbocycles. The van der Waals surface area contributed by atoms with Crippen LogP contribution < -0.4 is 11.1 Å². The van der Waals surface area contributed by atoms with E-state index in [2.05, 4.69) is 14.7 Å². The SMILES string of the molecule is NCC1CCCCC1CNc1ncns1. The molecule has 3 N–H and O–H groups in total. The Hall–Kier alpha value is -0.680. The molecule has 0 spiro atoms. The van der Waals surface area contributed by atoms with Gasteiger partial charge in [-0.15, -0.1) is 0 Å². The van der Waals surface area contributed by atoms with Gasteiger partial charge in [-0.2, -0.15) is 4.37 Å². The Balaban J connectivity index is 1.81. The predicted octanol–water partition coefficient (Wildman–Crippen LogP) is 1.72. The van der Waals surface area contributed by atoms with E-state index in [1.807, 2.05) is 0 Å². The lowest BCUT2D eigenvalue weighted by Crippen LogP contribution is -2.31. The molecule has 2 rings (SSSR count). The Kier molecular flexibility index (Phi) is 3.91. The van der Waals surface area contributed by atoms with Crippen LogP contribution in [0.5, 0.6) is 0 Å². The maximum absolute atomic E-state index is 5.79. The minimum Gasteiger partial charge on any atom is -0.360 e. The van der Waals surface area contributed by atoms with E-state index in [0.29, 0.717) is 11.8 Å². The molecule has 0 amide bonds. The van der Waals surface area contributed by atoms with Gasteiger partial charge in [-0.3, -0.25) is 0 Å². The lowest BCUT2D eigenvalue weighted by atomic mass is 9.79. The maximum atomic E-state index is 5.79. The van der Waals surface area contributed by atoms with Gasteiger partial charge >= 0.3 is 0 Å². The van der Waals surface area contributed by atoms with Crippen molar-refractivity contribution in [1.82, 2.24) is 9.36 Å². The Morgan fingerprint density at radius 2 is 2.20 bits per heavy atom. The Labute approximate surface area is 94.5 Å². The number of nitrogens with zero attached hydrogens (tertiary/aromatic N) is 2. The van der Waals surface area contributed by atoms with Crippen molar-refractivity contribution in [1.29, 1.82) is 0 Å². The Bertz CT molecular complexity index is 275. The van der Waals surface area contributed by atoms with Crippen LogP contribution in [0.3, 0.4) is 0 Å². The molecular formula is C10H18N4S. The number of nitrogens with two attached hydrogens (primary N) is 1. The third-order valence-electron chi connectivity index (χ3n) is 3.25. The van der Waals surface area contributed by atoms with Crippen LogP contribution in [0, 0.1) is 11.8 Å². The molecule has 0 aromatic carbocycles. The average Bonchev–Trinajstić information content (AvgIpc) is 2.79. The van der Waals surface area contributed by atoms with Gasteiger partial charge < -0.3 is 11.1 Å². The van der Waals surface area contributed by atoms with Crippen LogP contribution in [0.25, 0.3) is 0 Å². The highest BCUT2D eigenvalue weighted by Crippen LogP contribution is 2.29. The molecule has 15 heavy (non-hydrogen) atoms. The van der Waals surface area contributed by atoms with Gasteiger partial charge in [0.05, 0.1) is 0 Å². The zero-order chi connectivity index (χ0) is 10.5. The lowest BCUT2D eigenvalue weighted by molar-refractivity contribution is 0.255. The molecule has 4 nitrogen and oxygen atoms in total. The topological polar surface area (TPSA) is 63.8 Å². The van der Waals surface area contributed by atoms with Crippen molar-refractivity contribution in [2.75, 3.05) is 18.4 Å². The first-order valence-corrected chi connectivity index (χ1v) is 6.38. The van der Waals surface area contributed by atoms with Crippen molar-refractivity contribution in [3.63, 3.8) is 0 Å². The first kappa shape index (κ1) is 10.8. The van der Waals surface area contributed by atoms with E-state index >= 15 is 0 Å². The predicted molar refractivity (Wildman–Crippen MR) is 62.9 cm³/mol. The second-order valence-corrected chi connectivity index (χ2v) is 4.95. The summed E-state index contributed by atoms with van der Waals surface area (Å²) >= 11 is 1.42. The van der Waals surface area contributed by atoms with E-state index in [-0.39, 0.29) is 0 Å². The summed E-state index contributed by atoms with van der Waals surface area (Å²) in [7, 11) is 0. The van der Waals surface area contributed by atoms with Crippen molar-refractivity contribution in [2.45, 2.75) is 25.7 Å². The molecule has 0 bridgehead atoms. The summed E-state index contributed by atoms with van der Waals surface area (Å²) in [5, 5.41) is 4.28. The highest BCUT2D eigenvalue weighted by atomic mass is 32.1. The maximum Gasteiger partial charge on any atom is 0.202 e. The second kappa shape index (κ2) is 5.42. The summed E-state index contributed by atoms with van der Waals surface area (Å²) in [4.78, 5) is 4.12.